The van der Waals surface area contributed by atoms with Gasteiger partial charge in [0.2, 0.25) is 0 Å². The molecule has 0 radical (unpaired) electrons. The van der Waals surface area contributed by atoms with Gasteiger partial charge in [0, 0.05) is 25.2 Å². The molecule has 2 heterocycles. The van der Waals surface area contributed by atoms with Gasteiger partial charge in [-0.15, -0.1) is 0 Å². The number of aromatic nitrogens is 1. The number of benzene rings is 1. The number of anilines is 1. The van der Waals surface area contributed by atoms with Crippen molar-refractivity contribution in [1.82, 2.24) is 9.88 Å². The zero-order chi connectivity index (χ0) is 19.0. The first-order valence-electron chi connectivity index (χ1n) is 8.64. The molecule has 2 aromatic rings. The van der Waals surface area contributed by atoms with Crippen LogP contribution in [0.1, 0.15) is 39.5 Å². The topological polar surface area (TPSA) is 96.1 Å². The summed E-state index contributed by atoms with van der Waals surface area (Å²) in [5.74, 6) is -1.04. The summed E-state index contributed by atoms with van der Waals surface area (Å²) in [5, 5.41) is 9.32. The second kappa shape index (κ2) is 8.24. The summed E-state index contributed by atoms with van der Waals surface area (Å²) >= 11 is 0. The van der Waals surface area contributed by atoms with Gasteiger partial charge in [0.15, 0.2) is 5.58 Å². The van der Waals surface area contributed by atoms with Gasteiger partial charge in [0.1, 0.15) is 5.52 Å². The molecule has 9 heteroatoms. The van der Waals surface area contributed by atoms with Crippen molar-refractivity contribution < 1.29 is 44.1 Å². The van der Waals surface area contributed by atoms with E-state index in [-0.39, 0.29) is 50.1 Å². The van der Waals surface area contributed by atoms with Crippen LogP contribution < -0.4 is 23.8 Å². The molecule has 142 valence electrons. The third-order valence-corrected chi connectivity index (χ3v) is 4.37. The van der Waals surface area contributed by atoms with E-state index in [0.29, 0.717) is 30.2 Å². The minimum atomic E-state index is -1.04. The molecular weight excluding hydrogens is 345 g/mol. The second-order valence-corrected chi connectivity index (χ2v) is 6.90. The predicted octanol–water partition coefficient (Wildman–Crippen LogP) is 0.0865. The molecule has 1 amide bonds. The Labute approximate surface area is 171 Å². The minimum absolute atomic E-state index is 0. The Kier molecular flexibility index (Phi) is 6.45. The number of oxazole rings is 1. The van der Waals surface area contributed by atoms with Crippen LogP contribution in [0.25, 0.3) is 11.1 Å². The number of carboxylic acids is 1. The van der Waals surface area contributed by atoms with E-state index in [0.717, 1.165) is 0 Å². The number of rotatable bonds is 3. The largest absolute Gasteiger partial charge is 1.00 e. The van der Waals surface area contributed by atoms with Crippen molar-refractivity contribution in [2.75, 3.05) is 18.0 Å². The first-order valence-corrected chi connectivity index (χ1v) is 8.64. The van der Waals surface area contributed by atoms with Crippen LogP contribution in [-0.2, 0) is 4.74 Å². The summed E-state index contributed by atoms with van der Waals surface area (Å²) in [4.78, 5) is 31.6. The molecule has 1 N–H and O–H groups in total. The van der Waals surface area contributed by atoms with E-state index in [9.17, 15) is 14.7 Å². The Morgan fingerprint density at radius 3 is 2.48 bits per heavy atom. The third-order valence-electron chi connectivity index (χ3n) is 4.37. The SMILES string of the molecule is CC(C)OC(=O)N1C[C@H](C)N(c2nc3c(C(=O)O)cccc3o2)[C@@H](C)C1.[H-].[Li+]. The molecule has 1 aromatic heterocycles. The normalized spacial score (nSPS) is 19.9. The van der Waals surface area contributed by atoms with E-state index >= 15 is 0 Å². The summed E-state index contributed by atoms with van der Waals surface area (Å²) in [5.41, 5.74) is 0.869. The quantitative estimate of drug-likeness (QED) is 0.766. The Morgan fingerprint density at radius 1 is 1.30 bits per heavy atom. The molecule has 3 rings (SSSR count). The van der Waals surface area contributed by atoms with Gasteiger partial charge in [0.05, 0.1) is 11.7 Å². The van der Waals surface area contributed by atoms with Gasteiger partial charge in [-0.25, -0.2) is 9.59 Å². The summed E-state index contributed by atoms with van der Waals surface area (Å²) in [6.07, 6.45) is -0.498. The maximum Gasteiger partial charge on any atom is 1.00 e. The maximum atomic E-state index is 12.2. The number of para-hydroxylation sites is 1. The van der Waals surface area contributed by atoms with Crippen molar-refractivity contribution in [1.29, 1.82) is 0 Å². The number of piperazine rings is 1. The second-order valence-electron chi connectivity index (χ2n) is 6.90. The molecule has 0 spiro atoms. The molecule has 1 aliphatic rings. The molecule has 1 aliphatic heterocycles. The van der Waals surface area contributed by atoms with E-state index in [1.54, 1.807) is 17.0 Å². The van der Waals surface area contributed by atoms with Gasteiger partial charge in [-0.1, -0.05) is 6.07 Å². The van der Waals surface area contributed by atoms with Crippen LogP contribution in [0.2, 0.25) is 0 Å². The van der Waals surface area contributed by atoms with Gasteiger partial charge >= 0.3 is 30.9 Å². The molecule has 1 aromatic carbocycles. The fourth-order valence-corrected chi connectivity index (χ4v) is 3.34. The Balaban J connectivity index is 0.00000196. The summed E-state index contributed by atoms with van der Waals surface area (Å²) < 4.78 is 11.1. The Hall–Kier alpha value is -2.17. The van der Waals surface area contributed by atoms with E-state index in [1.807, 2.05) is 32.6 Å². The van der Waals surface area contributed by atoms with Crippen LogP contribution in [0, 0.1) is 0 Å². The van der Waals surface area contributed by atoms with Crippen LogP contribution in [0.15, 0.2) is 22.6 Å². The molecule has 0 saturated carbocycles. The Morgan fingerprint density at radius 2 is 1.93 bits per heavy atom. The van der Waals surface area contributed by atoms with E-state index in [4.69, 9.17) is 9.15 Å². The van der Waals surface area contributed by atoms with Crippen molar-refractivity contribution in [2.24, 2.45) is 0 Å². The monoisotopic (exact) mass is 369 g/mol. The number of nitrogens with zero attached hydrogens (tertiary/aromatic N) is 3. The summed E-state index contributed by atoms with van der Waals surface area (Å²) in [7, 11) is 0. The number of carboxylic acid groups (broad SMARTS) is 1. The summed E-state index contributed by atoms with van der Waals surface area (Å²) in [6, 6.07) is 5.09. The molecule has 8 nitrogen and oxygen atoms in total. The minimum Gasteiger partial charge on any atom is -1.00 e. The number of fused-ring (bicyclic) bond motifs is 1. The molecule has 1 fully saturated rings. The average Bonchev–Trinajstić information content (AvgIpc) is 2.96. The number of ether oxygens (including phenoxy) is 1. The van der Waals surface area contributed by atoms with Crippen LogP contribution in [0.5, 0.6) is 0 Å². The van der Waals surface area contributed by atoms with Crippen molar-refractivity contribution in [2.45, 2.75) is 45.9 Å². The van der Waals surface area contributed by atoms with E-state index in [2.05, 4.69) is 4.98 Å². The van der Waals surface area contributed by atoms with Crippen molar-refractivity contribution in [3.8, 4) is 0 Å². The van der Waals surface area contributed by atoms with Gasteiger partial charge in [0.25, 0.3) is 6.01 Å². The van der Waals surface area contributed by atoms with Crippen LogP contribution in [0.4, 0.5) is 10.8 Å². The van der Waals surface area contributed by atoms with Gasteiger partial charge in [-0.05, 0) is 39.8 Å². The molecule has 0 unspecified atom stereocenters. The number of hydrogen-bond donors (Lipinski definition) is 1. The fourth-order valence-electron chi connectivity index (χ4n) is 3.34. The fraction of sp³-hybridized carbons (Fsp3) is 0.500. The molecule has 1 saturated heterocycles. The zero-order valence-electron chi connectivity index (χ0n) is 17.3. The molecular formula is C18H24LiN3O5. The van der Waals surface area contributed by atoms with Crippen LogP contribution in [0.3, 0.4) is 0 Å². The maximum absolute atomic E-state index is 12.2. The molecule has 0 bridgehead atoms. The zero-order valence-corrected chi connectivity index (χ0v) is 16.3. The van der Waals surface area contributed by atoms with E-state index < -0.39 is 5.97 Å². The molecule has 0 aliphatic carbocycles. The third kappa shape index (κ3) is 4.23. The number of aromatic carboxylic acids is 1. The average molecular weight is 369 g/mol. The first kappa shape index (κ1) is 21.1. The molecule has 27 heavy (non-hydrogen) atoms. The standard InChI is InChI=1S/C18H23N3O5.Li.H/c1-10(2)25-18(24)20-8-11(3)21(12(4)9-20)17-19-15-13(16(22)23)6-5-7-14(15)26-17;;/h5-7,10-12H,8-9H2,1-4H3,(H,22,23);;/q;+1;-1/t11-,12-;;/m0../s1. The number of carbonyl (C=O) groups excluding carboxylic acids is 1. The predicted molar refractivity (Wildman–Crippen MR) is 96.7 cm³/mol. The van der Waals surface area contributed by atoms with Crippen molar-refractivity contribution >= 4 is 29.2 Å². The van der Waals surface area contributed by atoms with E-state index in [1.165, 1.54) is 6.07 Å². The van der Waals surface area contributed by atoms with Crippen LogP contribution >= 0.6 is 0 Å². The van der Waals surface area contributed by atoms with Gasteiger partial charge in [-0.2, -0.15) is 4.98 Å². The smallest absolute Gasteiger partial charge is 1.00 e. The summed E-state index contributed by atoms with van der Waals surface area (Å²) in [6.45, 7) is 8.52. The van der Waals surface area contributed by atoms with Gasteiger partial charge < -0.3 is 25.5 Å². The number of amides is 1. The van der Waals surface area contributed by atoms with Crippen LogP contribution in [-0.4, -0.2) is 58.3 Å². The first-order chi connectivity index (χ1) is 12.3. The Bertz CT molecular complexity index is 832. The van der Waals surface area contributed by atoms with Crippen molar-refractivity contribution in [3.63, 3.8) is 0 Å². The molecule has 2 atom stereocenters. The van der Waals surface area contributed by atoms with Crippen molar-refractivity contribution in [3.05, 3.63) is 23.8 Å². The van der Waals surface area contributed by atoms with Gasteiger partial charge in [-0.3, -0.25) is 0 Å². The number of carbonyl (C=O) groups is 2. The number of hydrogen-bond acceptors (Lipinski definition) is 6.